The molecule has 1 aliphatic rings. The molecule has 1 saturated heterocycles. The van der Waals surface area contributed by atoms with Gasteiger partial charge in [0.2, 0.25) is 5.91 Å². The quantitative estimate of drug-likeness (QED) is 0.140. The molecule has 0 radical (unpaired) electrons. The highest BCUT2D eigenvalue weighted by molar-refractivity contribution is 7.18. The summed E-state index contributed by atoms with van der Waals surface area (Å²) in [5.74, 6) is 0.520. The lowest BCUT2D eigenvalue weighted by atomic mass is 9.86. The molecule has 0 aliphatic carbocycles. The summed E-state index contributed by atoms with van der Waals surface area (Å²) in [6, 6.07) is 18.1. The Balaban J connectivity index is 1.16. The first kappa shape index (κ1) is 37.9. The molecule has 1 fully saturated rings. The summed E-state index contributed by atoms with van der Waals surface area (Å²) in [6.07, 6.45) is 4.20. The number of carbonyl (C=O) groups is 3. The Labute approximate surface area is 296 Å². The zero-order chi connectivity index (χ0) is 35.3. The van der Waals surface area contributed by atoms with Gasteiger partial charge >= 0.3 is 6.09 Å². The number of nitrogens with zero attached hydrogens (tertiary/aromatic N) is 4. The Kier molecular flexibility index (Phi) is 14.5. The molecule has 49 heavy (non-hydrogen) atoms. The van der Waals surface area contributed by atoms with Gasteiger partial charge in [-0.3, -0.25) is 14.9 Å². The lowest BCUT2D eigenvalue weighted by molar-refractivity contribution is -0.130. The highest BCUT2D eigenvalue weighted by Gasteiger charge is 2.25. The van der Waals surface area contributed by atoms with Crippen LogP contribution in [0.5, 0.6) is 0 Å². The number of thiophene rings is 1. The van der Waals surface area contributed by atoms with Gasteiger partial charge in [0, 0.05) is 65.9 Å². The summed E-state index contributed by atoms with van der Waals surface area (Å²) in [4.78, 5) is 46.5. The second kappa shape index (κ2) is 18.7. The number of rotatable bonds is 17. The van der Waals surface area contributed by atoms with E-state index in [0.29, 0.717) is 25.2 Å². The van der Waals surface area contributed by atoms with E-state index in [1.807, 2.05) is 75.4 Å². The normalized spacial score (nSPS) is 13.7. The number of anilines is 2. The van der Waals surface area contributed by atoms with Gasteiger partial charge in [0.25, 0.3) is 5.91 Å². The Morgan fingerprint density at radius 1 is 0.918 bits per heavy atom. The molecule has 2 heterocycles. The number of nitrogens with one attached hydrogen (secondary N) is 2. The lowest BCUT2D eigenvalue weighted by Gasteiger charge is -2.34. The van der Waals surface area contributed by atoms with E-state index in [-0.39, 0.29) is 17.7 Å². The maximum absolute atomic E-state index is 12.9. The first-order valence-corrected chi connectivity index (χ1v) is 18.3. The third-order valence-corrected chi connectivity index (χ3v) is 10.9. The Morgan fingerprint density at radius 2 is 1.65 bits per heavy atom. The van der Waals surface area contributed by atoms with Gasteiger partial charge < -0.3 is 30.0 Å². The number of unbranched alkanes of at least 4 members (excludes halogenated alkanes) is 2. The number of piperidine rings is 1. The number of benzene rings is 2. The van der Waals surface area contributed by atoms with E-state index >= 15 is 0 Å². The average molecular weight is 691 g/mol. The van der Waals surface area contributed by atoms with E-state index in [0.717, 1.165) is 97.0 Å². The van der Waals surface area contributed by atoms with Crippen molar-refractivity contribution in [3.05, 3.63) is 70.6 Å². The van der Waals surface area contributed by atoms with Gasteiger partial charge in [-0.1, -0.05) is 55.0 Å². The fraction of sp³-hybridized carbons (Fsp3) is 0.500. The fourth-order valence-corrected chi connectivity index (χ4v) is 7.58. The van der Waals surface area contributed by atoms with Crippen LogP contribution in [0.25, 0.3) is 11.1 Å². The number of amides is 3. The summed E-state index contributed by atoms with van der Waals surface area (Å²) in [7, 11) is 7.70. The highest BCUT2D eigenvalue weighted by atomic mass is 32.1. The number of hydrogen-bond donors (Lipinski definition) is 3. The van der Waals surface area contributed by atoms with E-state index < -0.39 is 6.09 Å². The van der Waals surface area contributed by atoms with Gasteiger partial charge in [-0.25, -0.2) is 4.79 Å². The van der Waals surface area contributed by atoms with E-state index in [2.05, 4.69) is 39.6 Å². The maximum atomic E-state index is 12.9. The molecule has 2 aromatic carbocycles. The molecule has 0 saturated carbocycles. The lowest BCUT2D eigenvalue weighted by Crippen LogP contribution is -2.40. The average Bonchev–Trinajstić information content (AvgIpc) is 3.50. The SMILES string of the molecule is CNCCN(C)C(=O)c1sc(N(C)CCCCCC(=O)N(C)CCN2CCC(c3cccc(-c4ccccc4)c3NC(=O)O)CC2)cc1C. The third kappa shape index (κ3) is 10.8. The standard InChI is InChI=1S/C38H54N6O4S/c1-28-27-34(49-36(28)37(46)43(5)24-20-39-2)42(4)21-11-7-10-17-33(45)41(3)25-26-44-22-18-30(19-23-44)32-16-12-15-31(35(32)40-38(47)48)29-13-8-6-9-14-29/h6,8-9,12-16,27,30,39-40H,7,10-11,17-26H2,1-5H3,(H,47,48). The monoisotopic (exact) mass is 690 g/mol. The van der Waals surface area contributed by atoms with Crippen LogP contribution in [-0.2, 0) is 4.79 Å². The summed E-state index contributed by atoms with van der Waals surface area (Å²) >= 11 is 1.55. The molecule has 266 valence electrons. The first-order chi connectivity index (χ1) is 23.6. The number of likely N-dealkylation sites (N-methyl/N-ethyl adjacent to an activating group) is 3. The molecule has 3 N–H and O–H groups in total. The van der Waals surface area contributed by atoms with E-state index in [1.54, 1.807) is 16.2 Å². The van der Waals surface area contributed by atoms with Crippen LogP contribution in [0.3, 0.4) is 0 Å². The minimum atomic E-state index is -1.05. The van der Waals surface area contributed by atoms with Crippen molar-refractivity contribution in [3.8, 4) is 11.1 Å². The van der Waals surface area contributed by atoms with Crippen LogP contribution < -0.4 is 15.5 Å². The Morgan fingerprint density at radius 3 is 2.35 bits per heavy atom. The minimum Gasteiger partial charge on any atom is -0.465 e. The zero-order valence-electron chi connectivity index (χ0n) is 29.8. The minimum absolute atomic E-state index is 0.0680. The van der Waals surface area contributed by atoms with Gasteiger partial charge in [-0.15, -0.1) is 11.3 Å². The number of carboxylic acid groups (broad SMARTS) is 1. The van der Waals surface area contributed by atoms with Crippen molar-refractivity contribution in [2.45, 2.75) is 51.4 Å². The molecular weight excluding hydrogens is 637 g/mol. The molecule has 11 heteroatoms. The van der Waals surface area contributed by atoms with Crippen molar-refractivity contribution in [2.24, 2.45) is 0 Å². The molecule has 1 aliphatic heterocycles. The number of para-hydroxylation sites is 1. The van der Waals surface area contributed by atoms with Crippen LogP contribution in [-0.4, -0.2) is 112 Å². The highest BCUT2D eigenvalue weighted by Crippen LogP contribution is 2.39. The maximum Gasteiger partial charge on any atom is 0.409 e. The molecule has 1 aromatic heterocycles. The van der Waals surface area contributed by atoms with E-state index in [1.165, 1.54) is 0 Å². The van der Waals surface area contributed by atoms with Gasteiger partial charge in [-0.05, 0) is 81.4 Å². The summed E-state index contributed by atoms with van der Waals surface area (Å²) in [5, 5.41) is 16.5. The molecule has 3 aromatic rings. The first-order valence-electron chi connectivity index (χ1n) is 17.4. The molecular formula is C38H54N6O4S. The summed E-state index contributed by atoms with van der Waals surface area (Å²) in [6.45, 7) is 7.68. The van der Waals surface area contributed by atoms with E-state index in [9.17, 15) is 19.5 Å². The van der Waals surface area contributed by atoms with Crippen LogP contribution >= 0.6 is 11.3 Å². The predicted molar refractivity (Wildman–Crippen MR) is 201 cm³/mol. The van der Waals surface area contributed by atoms with Crippen LogP contribution in [0.2, 0.25) is 0 Å². The number of carbonyl (C=O) groups excluding carboxylic acids is 2. The van der Waals surface area contributed by atoms with Crippen molar-refractivity contribution >= 4 is 39.9 Å². The molecule has 0 atom stereocenters. The smallest absolute Gasteiger partial charge is 0.409 e. The third-order valence-electron chi connectivity index (χ3n) is 9.52. The van der Waals surface area contributed by atoms with Crippen molar-refractivity contribution in [1.82, 2.24) is 20.0 Å². The number of likely N-dealkylation sites (tertiary alicyclic amines) is 1. The van der Waals surface area contributed by atoms with Crippen LogP contribution in [0.4, 0.5) is 15.5 Å². The van der Waals surface area contributed by atoms with Gasteiger partial charge in [0.15, 0.2) is 0 Å². The van der Waals surface area contributed by atoms with Crippen molar-refractivity contribution in [2.75, 3.05) is 84.2 Å². The molecule has 4 rings (SSSR count). The largest absolute Gasteiger partial charge is 0.465 e. The van der Waals surface area contributed by atoms with Crippen molar-refractivity contribution in [3.63, 3.8) is 0 Å². The van der Waals surface area contributed by atoms with Gasteiger partial charge in [-0.2, -0.15) is 0 Å². The predicted octanol–water partition coefficient (Wildman–Crippen LogP) is 6.44. The van der Waals surface area contributed by atoms with E-state index in [4.69, 9.17) is 0 Å². The molecule has 10 nitrogen and oxygen atoms in total. The molecule has 0 unspecified atom stereocenters. The second-order valence-electron chi connectivity index (χ2n) is 13.2. The molecule has 0 spiro atoms. The second-order valence-corrected chi connectivity index (χ2v) is 14.2. The summed E-state index contributed by atoms with van der Waals surface area (Å²) in [5.41, 5.74) is 4.64. The van der Waals surface area contributed by atoms with Gasteiger partial charge in [0.05, 0.1) is 15.6 Å². The number of aryl methyl sites for hydroxylation is 1. The van der Waals surface area contributed by atoms with Crippen molar-refractivity contribution in [1.29, 1.82) is 0 Å². The van der Waals surface area contributed by atoms with Crippen LogP contribution in [0.15, 0.2) is 54.6 Å². The zero-order valence-corrected chi connectivity index (χ0v) is 30.7. The molecule has 0 bridgehead atoms. The Bertz CT molecular complexity index is 1520. The van der Waals surface area contributed by atoms with Crippen LogP contribution in [0.1, 0.15) is 65.2 Å². The van der Waals surface area contributed by atoms with Crippen molar-refractivity contribution < 1.29 is 19.5 Å². The summed E-state index contributed by atoms with van der Waals surface area (Å²) < 4.78 is 0. The molecule has 3 amide bonds. The van der Waals surface area contributed by atoms with Gasteiger partial charge in [0.1, 0.15) is 0 Å². The topological polar surface area (TPSA) is 108 Å². The fourth-order valence-electron chi connectivity index (χ4n) is 6.42. The van der Waals surface area contributed by atoms with Crippen LogP contribution in [0, 0.1) is 6.92 Å². The number of hydrogen-bond acceptors (Lipinski definition) is 7. The Hall–Kier alpha value is -3.93.